The van der Waals surface area contributed by atoms with Crippen LogP contribution in [-0.4, -0.2) is 66.3 Å². The summed E-state index contributed by atoms with van der Waals surface area (Å²) in [6.07, 6.45) is 5.52. The third-order valence-corrected chi connectivity index (χ3v) is 7.25. The van der Waals surface area contributed by atoms with Gasteiger partial charge in [-0.05, 0) is 69.9 Å². The molecule has 1 aliphatic heterocycles. The first-order valence-corrected chi connectivity index (χ1v) is 14.4. The number of nitrogens with zero attached hydrogens (tertiary/aromatic N) is 7. The van der Waals surface area contributed by atoms with Crippen molar-refractivity contribution >= 4 is 28.6 Å². The van der Waals surface area contributed by atoms with E-state index in [0.717, 1.165) is 51.7 Å². The first-order chi connectivity index (χ1) is 20.6. The number of amides is 1. The maximum atomic E-state index is 12.3. The number of benzene rings is 1. The topological polar surface area (TPSA) is 120 Å². The van der Waals surface area contributed by atoms with Gasteiger partial charge in [-0.1, -0.05) is 25.1 Å². The van der Waals surface area contributed by atoms with E-state index in [-0.39, 0.29) is 6.09 Å². The molecule has 1 N–H and O–H groups in total. The van der Waals surface area contributed by atoms with Crippen molar-refractivity contribution < 1.29 is 14.3 Å². The number of hydrogen-bond donors (Lipinski definition) is 1. The van der Waals surface area contributed by atoms with Gasteiger partial charge in [-0.15, -0.1) is 0 Å². The van der Waals surface area contributed by atoms with Crippen LogP contribution in [0.4, 0.5) is 10.6 Å². The highest BCUT2D eigenvalue weighted by Gasteiger charge is 2.32. The second-order valence-corrected chi connectivity index (χ2v) is 11.7. The minimum atomic E-state index is -0.472. The van der Waals surface area contributed by atoms with Crippen LogP contribution in [-0.2, 0) is 4.74 Å². The van der Waals surface area contributed by atoms with Gasteiger partial charge in [-0.2, -0.15) is 5.10 Å². The zero-order valence-corrected chi connectivity index (χ0v) is 25.5. The number of aryl methyl sites for hydroxylation is 1. The summed E-state index contributed by atoms with van der Waals surface area (Å²) in [5.74, 6) is 2.94. The molecular weight excluding hydrogens is 544 g/mol. The number of anilines is 1. The van der Waals surface area contributed by atoms with Crippen molar-refractivity contribution in [2.45, 2.75) is 52.6 Å². The van der Waals surface area contributed by atoms with Gasteiger partial charge in [-0.25, -0.2) is 29.2 Å². The smallest absolute Gasteiger partial charge is 0.410 e. The van der Waals surface area contributed by atoms with E-state index in [1.54, 1.807) is 9.42 Å². The fraction of sp³-hybridized carbons (Fsp3) is 0.375. The minimum Gasteiger partial charge on any atom is -0.457 e. The van der Waals surface area contributed by atoms with Gasteiger partial charge in [0.05, 0.1) is 5.52 Å². The molecule has 11 heteroatoms. The maximum absolute atomic E-state index is 12.3. The van der Waals surface area contributed by atoms with Crippen LogP contribution in [0.3, 0.4) is 0 Å². The van der Waals surface area contributed by atoms with Crippen LogP contribution in [0.25, 0.3) is 16.7 Å². The molecule has 2 atom stereocenters. The summed E-state index contributed by atoms with van der Waals surface area (Å²) in [4.78, 5) is 31.6. The summed E-state index contributed by atoms with van der Waals surface area (Å²) in [5.41, 5.74) is 4.05. The molecular formula is C32H38N8O3. The predicted octanol–water partition coefficient (Wildman–Crippen LogP) is 6.26. The summed E-state index contributed by atoms with van der Waals surface area (Å²) in [6, 6.07) is 15.7. The molecule has 6 rings (SSSR count). The van der Waals surface area contributed by atoms with Crippen molar-refractivity contribution in [3.05, 3.63) is 78.6 Å². The lowest BCUT2D eigenvalue weighted by atomic mass is 9.84. The third-order valence-electron chi connectivity index (χ3n) is 7.25. The van der Waals surface area contributed by atoms with Gasteiger partial charge in [0.25, 0.3) is 0 Å². The molecule has 43 heavy (non-hydrogen) atoms. The van der Waals surface area contributed by atoms with Crippen molar-refractivity contribution in [1.82, 2.24) is 34.4 Å². The lowest BCUT2D eigenvalue weighted by Gasteiger charge is -2.37. The first kappa shape index (κ1) is 29.7. The number of ether oxygens (including phenoxy) is 2. The van der Waals surface area contributed by atoms with E-state index in [4.69, 9.17) is 14.5 Å². The first-order valence-electron chi connectivity index (χ1n) is 14.4. The summed E-state index contributed by atoms with van der Waals surface area (Å²) in [5, 5.41) is 7.11. The lowest BCUT2D eigenvalue weighted by Crippen LogP contribution is -2.44. The SMILES string of the molecule is CNc1ncnc2ccc(C3CCN(C(=O)OC(C)(C)C)CC3C)nc12.Cc1ccccc1Oc1ccn2ncnc2c1. The Balaban J connectivity index is 0.000000186. The molecule has 1 aromatic carbocycles. The van der Waals surface area contributed by atoms with Gasteiger partial charge in [0, 0.05) is 44.0 Å². The van der Waals surface area contributed by atoms with Crippen molar-refractivity contribution in [2.24, 2.45) is 5.92 Å². The standard InChI is InChI=1S/C19H27N5O2.C13H11N3O/c1-12-10-24(18(25)26-19(2,3)4)9-8-13(12)14-6-7-15-16(23-14)17(20-5)22-11-21-15;1-10-4-2-3-5-12(10)17-11-6-7-16-13(8-11)14-9-15-16/h6-7,11-13H,8-10H2,1-5H3,(H,20,21,22);2-9H,1H3. The van der Waals surface area contributed by atoms with Crippen molar-refractivity contribution in [1.29, 1.82) is 0 Å². The number of fused-ring (bicyclic) bond motifs is 2. The lowest BCUT2D eigenvalue weighted by molar-refractivity contribution is 0.0154. The maximum Gasteiger partial charge on any atom is 0.410 e. The minimum absolute atomic E-state index is 0.236. The van der Waals surface area contributed by atoms with Gasteiger partial charge in [-0.3, -0.25) is 0 Å². The van der Waals surface area contributed by atoms with Gasteiger partial charge >= 0.3 is 6.09 Å². The van der Waals surface area contributed by atoms with Crippen LogP contribution in [0.5, 0.6) is 11.5 Å². The summed E-state index contributed by atoms with van der Waals surface area (Å²) in [7, 11) is 1.83. The van der Waals surface area contributed by atoms with Crippen LogP contribution in [0.15, 0.2) is 67.4 Å². The largest absolute Gasteiger partial charge is 0.457 e. The van der Waals surface area contributed by atoms with Crippen LogP contribution in [0, 0.1) is 12.8 Å². The van der Waals surface area contributed by atoms with Crippen molar-refractivity contribution in [3.63, 3.8) is 0 Å². The van der Waals surface area contributed by atoms with E-state index in [0.29, 0.717) is 24.9 Å². The second-order valence-electron chi connectivity index (χ2n) is 11.7. The zero-order valence-electron chi connectivity index (χ0n) is 25.5. The van der Waals surface area contributed by atoms with E-state index in [1.807, 2.05) is 89.5 Å². The molecule has 1 amide bonds. The highest BCUT2D eigenvalue weighted by Crippen LogP contribution is 2.33. The average molecular weight is 583 g/mol. The van der Waals surface area contributed by atoms with E-state index in [1.165, 1.54) is 12.7 Å². The Labute approximate surface area is 251 Å². The number of piperidine rings is 1. The van der Waals surface area contributed by atoms with Crippen molar-refractivity contribution in [2.75, 3.05) is 25.5 Å². The monoisotopic (exact) mass is 582 g/mol. The molecule has 11 nitrogen and oxygen atoms in total. The molecule has 1 fully saturated rings. The molecule has 1 aliphatic rings. The summed E-state index contributed by atoms with van der Waals surface area (Å²) in [6.45, 7) is 11.2. The Kier molecular flexibility index (Phi) is 8.70. The number of aromatic nitrogens is 6. The molecule has 5 aromatic rings. The number of likely N-dealkylation sites (tertiary alicyclic amines) is 1. The molecule has 1 saturated heterocycles. The molecule has 0 radical (unpaired) electrons. The number of para-hydroxylation sites is 1. The highest BCUT2D eigenvalue weighted by molar-refractivity contribution is 5.84. The normalized spacial score (nSPS) is 16.8. The van der Waals surface area contributed by atoms with Crippen molar-refractivity contribution in [3.8, 4) is 11.5 Å². The number of hydrogen-bond acceptors (Lipinski definition) is 9. The molecule has 2 unspecified atom stereocenters. The highest BCUT2D eigenvalue weighted by atomic mass is 16.6. The third kappa shape index (κ3) is 7.17. The Bertz CT molecular complexity index is 1710. The molecule has 224 valence electrons. The Morgan fingerprint density at radius 2 is 1.86 bits per heavy atom. The number of nitrogens with one attached hydrogen (secondary N) is 1. The average Bonchev–Trinajstić information content (AvgIpc) is 3.45. The fourth-order valence-electron chi connectivity index (χ4n) is 5.08. The number of rotatable bonds is 4. The fourth-order valence-corrected chi connectivity index (χ4v) is 5.08. The van der Waals surface area contributed by atoms with Crippen LogP contribution >= 0.6 is 0 Å². The van der Waals surface area contributed by atoms with E-state index in [9.17, 15) is 4.79 Å². The van der Waals surface area contributed by atoms with E-state index in [2.05, 4.69) is 32.3 Å². The van der Waals surface area contributed by atoms with Gasteiger partial charge < -0.3 is 19.7 Å². The van der Waals surface area contributed by atoms with E-state index >= 15 is 0 Å². The number of pyridine rings is 2. The number of carbonyl (C=O) groups excluding carboxylic acids is 1. The van der Waals surface area contributed by atoms with Gasteiger partial charge in [0.1, 0.15) is 35.3 Å². The Morgan fingerprint density at radius 1 is 1.05 bits per heavy atom. The van der Waals surface area contributed by atoms with E-state index < -0.39 is 5.60 Å². The molecule has 5 heterocycles. The van der Waals surface area contributed by atoms with Gasteiger partial charge in [0.2, 0.25) is 0 Å². The van der Waals surface area contributed by atoms with Crippen LogP contribution in [0.2, 0.25) is 0 Å². The molecule has 0 saturated carbocycles. The second kappa shape index (κ2) is 12.6. The summed E-state index contributed by atoms with van der Waals surface area (Å²) >= 11 is 0. The molecule has 4 aromatic heterocycles. The van der Waals surface area contributed by atoms with Gasteiger partial charge in [0.15, 0.2) is 11.5 Å². The summed E-state index contributed by atoms with van der Waals surface area (Å²) < 4.78 is 13.0. The number of carbonyl (C=O) groups is 1. The molecule has 0 bridgehead atoms. The zero-order chi connectivity index (χ0) is 30.6. The Morgan fingerprint density at radius 3 is 2.60 bits per heavy atom. The Hall–Kier alpha value is -4.80. The molecule has 0 spiro atoms. The molecule has 0 aliphatic carbocycles. The van der Waals surface area contributed by atoms with Crippen LogP contribution < -0.4 is 10.1 Å². The van der Waals surface area contributed by atoms with Crippen LogP contribution in [0.1, 0.15) is 51.3 Å². The predicted molar refractivity (Wildman–Crippen MR) is 165 cm³/mol. The quantitative estimate of drug-likeness (QED) is 0.262.